The second-order valence-corrected chi connectivity index (χ2v) is 3.61. The highest BCUT2D eigenvalue weighted by Gasteiger charge is 2.13. The number of carbonyl (C=O) groups is 1. The van der Waals surface area contributed by atoms with Crippen molar-refractivity contribution in [3.63, 3.8) is 0 Å². The van der Waals surface area contributed by atoms with Gasteiger partial charge in [0.1, 0.15) is 0 Å². The number of hydrogen-bond acceptors (Lipinski definition) is 2. The van der Waals surface area contributed by atoms with Crippen molar-refractivity contribution in [1.82, 2.24) is 0 Å². The number of aromatic nitrogens is 1. The van der Waals surface area contributed by atoms with E-state index in [-0.39, 0.29) is 5.97 Å². The molecule has 1 aromatic carbocycles. The normalized spacial score (nSPS) is 10.3. The highest BCUT2D eigenvalue weighted by molar-refractivity contribution is 5.75. The lowest BCUT2D eigenvalue weighted by Crippen LogP contribution is -2.45. The Hall–Kier alpha value is -1.90. The molecule has 0 bridgehead atoms. The molecule has 1 aromatic heterocycles. The number of fused-ring (bicyclic) bond motifs is 1. The van der Waals surface area contributed by atoms with Crippen LogP contribution in [0.15, 0.2) is 42.6 Å². The Morgan fingerprint density at radius 1 is 1.25 bits per heavy atom. The Labute approximate surface area is 94.2 Å². The van der Waals surface area contributed by atoms with Crippen molar-refractivity contribution < 1.29 is 14.4 Å². The van der Waals surface area contributed by atoms with Gasteiger partial charge in [-0.05, 0) is 18.6 Å². The predicted octanol–water partition coefficient (Wildman–Crippen LogP) is 1.88. The van der Waals surface area contributed by atoms with Crippen molar-refractivity contribution in [2.24, 2.45) is 0 Å². The summed E-state index contributed by atoms with van der Waals surface area (Å²) < 4.78 is 1.52. The fraction of sp³-hybridized carbons (Fsp3) is 0.231. The maximum atomic E-state index is 11.4. The number of para-hydroxylation sites is 1. The molecule has 0 atom stereocenters. The van der Waals surface area contributed by atoms with Gasteiger partial charge in [0.15, 0.2) is 0 Å². The SMILES string of the molecule is CCCC(=O)O[n+]1cccc2ccccc21. The molecule has 82 valence electrons. The van der Waals surface area contributed by atoms with Crippen LogP contribution >= 0.6 is 0 Å². The van der Waals surface area contributed by atoms with Gasteiger partial charge in [-0.15, -0.1) is 0 Å². The van der Waals surface area contributed by atoms with Crippen LogP contribution in [0, 0.1) is 0 Å². The fourth-order valence-electron chi connectivity index (χ4n) is 1.57. The summed E-state index contributed by atoms with van der Waals surface area (Å²) in [6.07, 6.45) is 2.98. The maximum Gasteiger partial charge on any atom is 0.380 e. The molecule has 0 amide bonds. The van der Waals surface area contributed by atoms with E-state index in [1.807, 2.05) is 43.3 Å². The summed E-state index contributed by atoms with van der Waals surface area (Å²) in [5, 5.41) is 1.05. The lowest BCUT2D eigenvalue weighted by molar-refractivity contribution is -0.848. The molecule has 0 aliphatic carbocycles. The Kier molecular flexibility index (Phi) is 3.15. The van der Waals surface area contributed by atoms with Gasteiger partial charge in [0.2, 0.25) is 6.20 Å². The van der Waals surface area contributed by atoms with Gasteiger partial charge < -0.3 is 0 Å². The van der Waals surface area contributed by atoms with Crippen molar-refractivity contribution in [3.05, 3.63) is 42.6 Å². The van der Waals surface area contributed by atoms with Gasteiger partial charge in [-0.1, -0.05) is 19.1 Å². The van der Waals surface area contributed by atoms with Crippen molar-refractivity contribution in [2.45, 2.75) is 19.8 Å². The van der Waals surface area contributed by atoms with Crippen LogP contribution in [0.2, 0.25) is 0 Å². The van der Waals surface area contributed by atoms with Crippen LogP contribution in [0.4, 0.5) is 0 Å². The van der Waals surface area contributed by atoms with Crippen LogP contribution in [0.5, 0.6) is 0 Å². The number of pyridine rings is 1. The summed E-state index contributed by atoms with van der Waals surface area (Å²) in [6.45, 7) is 1.95. The summed E-state index contributed by atoms with van der Waals surface area (Å²) in [6, 6.07) is 11.6. The number of benzene rings is 1. The first-order chi connectivity index (χ1) is 7.81. The van der Waals surface area contributed by atoms with E-state index in [0.717, 1.165) is 17.3 Å². The molecule has 3 heteroatoms. The van der Waals surface area contributed by atoms with E-state index in [1.54, 1.807) is 6.20 Å². The molecule has 0 aliphatic heterocycles. The van der Waals surface area contributed by atoms with Gasteiger partial charge in [0, 0.05) is 16.9 Å². The summed E-state index contributed by atoms with van der Waals surface area (Å²) >= 11 is 0. The molecule has 0 saturated carbocycles. The lowest BCUT2D eigenvalue weighted by atomic mass is 10.2. The Bertz CT molecular complexity index is 503. The molecule has 0 saturated heterocycles. The Balaban J connectivity index is 2.33. The molecule has 0 spiro atoms. The number of hydrogen-bond donors (Lipinski definition) is 0. The molecule has 0 fully saturated rings. The topological polar surface area (TPSA) is 30.2 Å². The molecule has 0 aliphatic rings. The zero-order valence-electron chi connectivity index (χ0n) is 9.22. The Morgan fingerprint density at radius 2 is 2.00 bits per heavy atom. The number of carbonyl (C=O) groups excluding carboxylic acids is 1. The van der Waals surface area contributed by atoms with Crippen LogP contribution < -0.4 is 9.57 Å². The van der Waals surface area contributed by atoms with E-state index >= 15 is 0 Å². The Morgan fingerprint density at radius 3 is 2.81 bits per heavy atom. The average molecular weight is 216 g/mol. The quantitative estimate of drug-likeness (QED) is 0.733. The van der Waals surface area contributed by atoms with Gasteiger partial charge in [-0.25, -0.2) is 4.79 Å². The zero-order valence-corrected chi connectivity index (χ0v) is 9.22. The van der Waals surface area contributed by atoms with Gasteiger partial charge in [-0.3, -0.25) is 0 Å². The predicted molar refractivity (Wildman–Crippen MR) is 60.6 cm³/mol. The molecular weight excluding hydrogens is 202 g/mol. The van der Waals surface area contributed by atoms with Gasteiger partial charge in [0.05, 0.1) is 11.8 Å². The highest BCUT2D eigenvalue weighted by Crippen LogP contribution is 2.07. The molecule has 2 aromatic rings. The van der Waals surface area contributed by atoms with Crippen LogP contribution in [-0.2, 0) is 4.79 Å². The maximum absolute atomic E-state index is 11.4. The smallest absolute Gasteiger partial charge is 0.245 e. The number of nitrogens with zero attached hydrogens (tertiary/aromatic N) is 1. The van der Waals surface area contributed by atoms with Gasteiger partial charge in [-0.2, -0.15) is 4.84 Å². The minimum Gasteiger partial charge on any atom is -0.245 e. The third-order valence-electron chi connectivity index (χ3n) is 2.33. The second-order valence-electron chi connectivity index (χ2n) is 3.61. The fourth-order valence-corrected chi connectivity index (χ4v) is 1.57. The van der Waals surface area contributed by atoms with Crippen molar-refractivity contribution in [2.75, 3.05) is 0 Å². The largest absolute Gasteiger partial charge is 0.380 e. The lowest BCUT2D eigenvalue weighted by Gasteiger charge is -1.98. The van der Waals surface area contributed by atoms with Gasteiger partial charge >= 0.3 is 5.97 Å². The van der Waals surface area contributed by atoms with E-state index in [0.29, 0.717) is 6.42 Å². The van der Waals surface area contributed by atoms with Gasteiger partial charge in [0.25, 0.3) is 5.52 Å². The molecule has 0 N–H and O–H groups in total. The second kappa shape index (κ2) is 4.75. The van der Waals surface area contributed by atoms with Crippen LogP contribution in [0.3, 0.4) is 0 Å². The molecule has 1 heterocycles. The molecule has 16 heavy (non-hydrogen) atoms. The zero-order chi connectivity index (χ0) is 11.4. The molecule has 2 rings (SSSR count). The van der Waals surface area contributed by atoms with E-state index in [1.165, 1.54) is 4.73 Å². The van der Waals surface area contributed by atoms with E-state index in [2.05, 4.69) is 0 Å². The van der Waals surface area contributed by atoms with E-state index in [4.69, 9.17) is 4.84 Å². The molecule has 3 nitrogen and oxygen atoms in total. The summed E-state index contributed by atoms with van der Waals surface area (Å²) in [5.74, 6) is -0.205. The first-order valence-electron chi connectivity index (χ1n) is 5.42. The van der Waals surface area contributed by atoms with E-state index < -0.39 is 0 Å². The molecular formula is C13H14NO2+. The summed E-state index contributed by atoms with van der Waals surface area (Å²) in [4.78, 5) is 16.7. The van der Waals surface area contributed by atoms with Crippen molar-refractivity contribution in [3.8, 4) is 0 Å². The van der Waals surface area contributed by atoms with Crippen molar-refractivity contribution >= 4 is 16.9 Å². The van der Waals surface area contributed by atoms with E-state index in [9.17, 15) is 4.79 Å². The van der Waals surface area contributed by atoms with Crippen LogP contribution in [0.25, 0.3) is 10.9 Å². The summed E-state index contributed by atoms with van der Waals surface area (Å²) in [5.41, 5.74) is 0.898. The van der Waals surface area contributed by atoms with Crippen molar-refractivity contribution in [1.29, 1.82) is 0 Å². The molecule has 0 radical (unpaired) electrons. The monoisotopic (exact) mass is 216 g/mol. The average Bonchev–Trinajstić information content (AvgIpc) is 2.30. The van der Waals surface area contributed by atoms with Crippen LogP contribution in [-0.4, -0.2) is 5.97 Å². The van der Waals surface area contributed by atoms with Crippen LogP contribution in [0.1, 0.15) is 19.8 Å². The third kappa shape index (κ3) is 2.19. The first-order valence-corrected chi connectivity index (χ1v) is 5.42. The highest BCUT2D eigenvalue weighted by atomic mass is 16.7. The standard InChI is InChI=1S/C13H14NO2/c1-2-6-13(15)16-14-10-5-8-11-7-3-4-9-12(11)14/h3-5,7-10H,2,6H2,1H3/q+1. The minimum atomic E-state index is -0.205. The first kappa shape index (κ1) is 10.6. The summed E-state index contributed by atoms with van der Waals surface area (Å²) in [7, 11) is 0. The number of rotatable bonds is 3. The molecule has 0 unspecified atom stereocenters. The third-order valence-corrected chi connectivity index (χ3v) is 2.33. The minimum absolute atomic E-state index is 0.205.